The number of nitrogens with two attached hydrogens (primary N) is 1. The van der Waals surface area contributed by atoms with Crippen LogP contribution in [0.2, 0.25) is 0 Å². The number of aliphatic carboxylic acids is 2. The zero-order chi connectivity index (χ0) is 15.9. The number of hydrogen-bond donors (Lipinski definition) is 4. The third kappa shape index (κ3) is 2.50. The molecule has 0 unspecified atom stereocenters. The Kier molecular flexibility index (Phi) is 3.97. The van der Waals surface area contributed by atoms with Crippen LogP contribution in [0, 0.1) is 23.7 Å². The van der Waals surface area contributed by atoms with E-state index in [0.717, 1.165) is 0 Å². The van der Waals surface area contributed by atoms with E-state index in [4.69, 9.17) is 10.8 Å². The molecule has 0 saturated heterocycles. The molecular weight excluding hydrogens is 276 g/mol. The third-order valence-corrected chi connectivity index (χ3v) is 5.13. The number of fused-ring (bicyclic) bond motifs is 1. The topological polar surface area (TPSA) is 130 Å². The van der Waals surface area contributed by atoms with Gasteiger partial charge in [-0.15, -0.1) is 0 Å². The van der Waals surface area contributed by atoms with Crippen LogP contribution in [0.25, 0.3) is 0 Å². The van der Waals surface area contributed by atoms with Crippen molar-refractivity contribution >= 4 is 17.8 Å². The lowest BCUT2D eigenvalue weighted by Crippen LogP contribution is -2.59. The van der Waals surface area contributed by atoms with E-state index < -0.39 is 35.3 Å². The molecular formula is C14H22N2O5. The van der Waals surface area contributed by atoms with Crippen LogP contribution >= 0.6 is 0 Å². The van der Waals surface area contributed by atoms with Crippen molar-refractivity contribution in [1.82, 2.24) is 5.32 Å². The smallest absolute Gasteiger partial charge is 0.326 e. The molecule has 0 bridgehead atoms. The van der Waals surface area contributed by atoms with Gasteiger partial charge in [0.25, 0.3) is 0 Å². The molecule has 7 nitrogen and oxygen atoms in total. The second-order valence-electron chi connectivity index (χ2n) is 6.31. The van der Waals surface area contributed by atoms with Crippen LogP contribution in [-0.2, 0) is 14.4 Å². The minimum Gasteiger partial charge on any atom is -0.481 e. The highest BCUT2D eigenvalue weighted by Gasteiger charge is 2.69. The summed E-state index contributed by atoms with van der Waals surface area (Å²) in [5.41, 5.74) is 4.88. The van der Waals surface area contributed by atoms with E-state index in [1.165, 1.54) is 0 Å². The first-order chi connectivity index (χ1) is 9.74. The highest BCUT2D eigenvalue weighted by molar-refractivity contribution is 5.93. The summed E-state index contributed by atoms with van der Waals surface area (Å²) in [5.74, 6) is -3.77. The Morgan fingerprint density at radius 2 is 2.00 bits per heavy atom. The van der Waals surface area contributed by atoms with Gasteiger partial charge < -0.3 is 21.3 Å². The number of hydrogen-bond acceptors (Lipinski definition) is 4. The van der Waals surface area contributed by atoms with Crippen LogP contribution in [0.1, 0.15) is 33.1 Å². The molecule has 0 aromatic heterocycles. The van der Waals surface area contributed by atoms with Gasteiger partial charge in [-0.05, 0) is 24.7 Å². The zero-order valence-electron chi connectivity index (χ0n) is 12.2. The Labute approximate surface area is 122 Å². The van der Waals surface area contributed by atoms with Gasteiger partial charge in [0.1, 0.15) is 6.04 Å². The average Bonchev–Trinajstić information content (AvgIpc) is 3.07. The van der Waals surface area contributed by atoms with Crippen LogP contribution in [0.4, 0.5) is 0 Å². The normalized spacial score (nSPS) is 36.4. The van der Waals surface area contributed by atoms with E-state index >= 15 is 0 Å². The first kappa shape index (κ1) is 15.8. The van der Waals surface area contributed by atoms with Gasteiger partial charge >= 0.3 is 11.9 Å². The number of amides is 1. The summed E-state index contributed by atoms with van der Waals surface area (Å²) in [6.45, 7) is 3.59. The number of carboxylic acid groups (broad SMARTS) is 2. The standard InChI is InChI=1S/C14H22N2O5/c1-3-6(2)10(12(19)20)16-13(21)14(15)5-4-7-8(9(7)14)11(17)18/h6-10H,3-5,15H2,1-2H3,(H,16,21)(H,17,18)(H,19,20)/t6-,7-,8-,9-,10-,14-/m0/s1. The van der Waals surface area contributed by atoms with Gasteiger partial charge in [-0.1, -0.05) is 20.3 Å². The SMILES string of the molecule is CC[C@H](C)[C@H](NC(=O)[C@]1(N)CC[C@H]2[C@H](C(=O)O)[C@H]21)C(=O)O. The van der Waals surface area contributed by atoms with Crippen LogP contribution < -0.4 is 11.1 Å². The Bertz CT molecular complexity index is 480. The number of carboxylic acids is 2. The molecule has 7 heteroatoms. The van der Waals surface area contributed by atoms with Gasteiger partial charge in [0.2, 0.25) is 5.91 Å². The molecule has 0 aliphatic heterocycles. The lowest BCUT2D eigenvalue weighted by molar-refractivity contribution is -0.145. The number of nitrogens with one attached hydrogen (secondary N) is 1. The number of rotatable bonds is 6. The largest absolute Gasteiger partial charge is 0.481 e. The third-order valence-electron chi connectivity index (χ3n) is 5.13. The van der Waals surface area contributed by atoms with Crippen LogP contribution in [0.5, 0.6) is 0 Å². The predicted molar refractivity (Wildman–Crippen MR) is 73.3 cm³/mol. The van der Waals surface area contributed by atoms with Crippen LogP contribution in [0.3, 0.4) is 0 Å². The highest BCUT2D eigenvalue weighted by atomic mass is 16.4. The van der Waals surface area contributed by atoms with E-state index in [1.54, 1.807) is 6.92 Å². The summed E-state index contributed by atoms with van der Waals surface area (Å²) < 4.78 is 0. The Balaban J connectivity index is 2.09. The fourth-order valence-corrected chi connectivity index (χ4v) is 3.57. The lowest BCUT2D eigenvalue weighted by Gasteiger charge is -2.29. The number of carbonyl (C=O) groups excluding carboxylic acids is 1. The molecule has 2 rings (SSSR count). The molecule has 2 saturated carbocycles. The molecule has 0 radical (unpaired) electrons. The summed E-state index contributed by atoms with van der Waals surface area (Å²) in [7, 11) is 0. The molecule has 118 valence electrons. The molecule has 0 aromatic rings. The quantitative estimate of drug-likeness (QED) is 0.548. The van der Waals surface area contributed by atoms with Gasteiger partial charge in [0.05, 0.1) is 11.5 Å². The van der Waals surface area contributed by atoms with Crippen molar-refractivity contribution in [3.63, 3.8) is 0 Å². The second kappa shape index (κ2) is 5.29. The van der Waals surface area contributed by atoms with Crippen molar-refractivity contribution in [2.75, 3.05) is 0 Å². The first-order valence-corrected chi connectivity index (χ1v) is 7.29. The molecule has 2 aliphatic carbocycles. The van der Waals surface area contributed by atoms with Gasteiger partial charge in [-0.3, -0.25) is 9.59 Å². The number of carbonyl (C=O) groups is 3. The van der Waals surface area contributed by atoms with Crippen molar-refractivity contribution in [3.05, 3.63) is 0 Å². The van der Waals surface area contributed by atoms with E-state index in [2.05, 4.69) is 5.32 Å². The van der Waals surface area contributed by atoms with E-state index in [-0.39, 0.29) is 17.8 Å². The molecule has 0 spiro atoms. The van der Waals surface area contributed by atoms with Crippen molar-refractivity contribution in [2.24, 2.45) is 29.4 Å². The van der Waals surface area contributed by atoms with Gasteiger partial charge in [-0.2, -0.15) is 0 Å². The lowest BCUT2D eigenvalue weighted by atomic mass is 9.89. The van der Waals surface area contributed by atoms with Gasteiger partial charge in [0, 0.05) is 5.92 Å². The zero-order valence-corrected chi connectivity index (χ0v) is 12.2. The van der Waals surface area contributed by atoms with Crippen molar-refractivity contribution in [2.45, 2.75) is 44.7 Å². The summed E-state index contributed by atoms with van der Waals surface area (Å²) in [6.07, 6.45) is 1.62. The fraction of sp³-hybridized carbons (Fsp3) is 0.786. The summed E-state index contributed by atoms with van der Waals surface area (Å²) in [5, 5.41) is 20.8. The monoisotopic (exact) mass is 298 g/mol. The molecule has 0 heterocycles. The summed E-state index contributed by atoms with van der Waals surface area (Å²) in [4.78, 5) is 34.8. The maximum absolute atomic E-state index is 12.4. The van der Waals surface area contributed by atoms with Gasteiger partial charge in [0.15, 0.2) is 0 Å². The molecule has 6 atom stereocenters. The first-order valence-electron chi connectivity index (χ1n) is 7.29. The average molecular weight is 298 g/mol. The van der Waals surface area contributed by atoms with E-state index in [1.807, 2.05) is 6.92 Å². The van der Waals surface area contributed by atoms with E-state index in [0.29, 0.717) is 19.3 Å². The molecule has 21 heavy (non-hydrogen) atoms. The Morgan fingerprint density at radius 3 is 2.43 bits per heavy atom. The minimum absolute atomic E-state index is 0.0508. The molecule has 2 fully saturated rings. The van der Waals surface area contributed by atoms with Crippen LogP contribution in [-0.4, -0.2) is 39.6 Å². The maximum atomic E-state index is 12.4. The second-order valence-corrected chi connectivity index (χ2v) is 6.31. The van der Waals surface area contributed by atoms with Crippen molar-refractivity contribution in [1.29, 1.82) is 0 Å². The summed E-state index contributed by atoms with van der Waals surface area (Å²) >= 11 is 0. The fourth-order valence-electron chi connectivity index (χ4n) is 3.57. The van der Waals surface area contributed by atoms with Gasteiger partial charge in [-0.25, -0.2) is 4.79 Å². The van der Waals surface area contributed by atoms with Crippen LogP contribution in [0.15, 0.2) is 0 Å². The molecule has 2 aliphatic rings. The van der Waals surface area contributed by atoms with E-state index in [9.17, 15) is 19.5 Å². The van der Waals surface area contributed by atoms with Crippen molar-refractivity contribution in [3.8, 4) is 0 Å². The summed E-state index contributed by atoms with van der Waals surface area (Å²) in [6, 6.07) is -0.996. The molecule has 5 N–H and O–H groups in total. The molecule has 1 amide bonds. The minimum atomic E-state index is -1.26. The predicted octanol–water partition coefficient (Wildman–Crippen LogP) is 0.0400. The maximum Gasteiger partial charge on any atom is 0.326 e. The molecule has 0 aromatic carbocycles. The van der Waals surface area contributed by atoms with Crippen molar-refractivity contribution < 1.29 is 24.6 Å². The Hall–Kier alpha value is -1.63. The highest BCUT2D eigenvalue weighted by Crippen LogP contribution is 2.61. The Morgan fingerprint density at radius 1 is 1.38 bits per heavy atom.